The van der Waals surface area contributed by atoms with Crippen LogP contribution < -0.4 is 5.32 Å². The van der Waals surface area contributed by atoms with Crippen molar-refractivity contribution in [3.63, 3.8) is 0 Å². The molecule has 1 N–H and O–H groups in total. The maximum Gasteiger partial charge on any atom is 0.307 e. The average molecular weight is 396 g/mol. The van der Waals surface area contributed by atoms with Gasteiger partial charge in [-0.15, -0.1) is 23.5 Å². The fraction of sp³-hybridized carbons (Fsp3) is 0.222. The minimum absolute atomic E-state index is 0.238. The lowest BCUT2D eigenvalue weighted by Gasteiger charge is -2.09. The predicted molar refractivity (Wildman–Crippen MR) is 105 cm³/mol. The second kappa shape index (κ2) is 10.4. The molecule has 0 spiro atoms. The highest BCUT2D eigenvalue weighted by Crippen LogP contribution is 2.24. The second-order valence-electron chi connectivity index (χ2n) is 4.96. The van der Waals surface area contributed by atoms with E-state index in [1.165, 1.54) is 23.5 Å². The Hall–Kier alpha value is -1.63. The molecule has 4 nitrogen and oxygen atoms in total. The molecule has 0 aromatic heterocycles. The molecular formula is C18H18ClNO3S2. The first-order chi connectivity index (χ1) is 12.1. The van der Waals surface area contributed by atoms with Crippen LogP contribution in [0.5, 0.6) is 0 Å². The lowest BCUT2D eigenvalue weighted by molar-refractivity contribution is -0.146. The van der Waals surface area contributed by atoms with Crippen molar-refractivity contribution in [2.45, 2.75) is 16.2 Å². The first-order valence-corrected chi connectivity index (χ1v) is 10.1. The van der Waals surface area contributed by atoms with Gasteiger partial charge < -0.3 is 10.1 Å². The summed E-state index contributed by atoms with van der Waals surface area (Å²) in [6.45, 7) is -0.285. The van der Waals surface area contributed by atoms with Crippen molar-refractivity contribution in [2.75, 3.05) is 23.9 Å². The number of hydrogen-bond acceptors (Lipinski definition) is 5. The fourth-order valence-electron chi connectivity index (χ4n) is 1.94. The van der Waals surface area contributed by atoms with Crippen LogP contribution in [0.2, 0.25) is 5.02 Å². The number of halogens is 1. The van der Waals surface area contributed by atoms with E-state index in [0.29, 0.717) is 16.5 Å². The highest BCUT2D eigenvalue weighted by molar-refractivity contribution is 7.99. The molecule has 0 unspecified atom stereocenters. The number of esters is 1. The van der Waals surface area contributed by atoms with Gasteiger partial charge in [0.25, 0.3) is 5.91 Å². The van der Waals surface area contributed by atoms with Crippen LogP contribution in [0.1, 0.15) is 6.42 Å². The highest BCUT2D eigenvalue weighted by Gasteiger charge is 2.10. The van der Waals surface area contributed by atoms with Crippen molar-refractivity contribution in [3.8, 4) is 0 Å². The first-order valence-electron chi connectivity index (χ1n) is 7.55. The number of amides is 1. The molecule has 2 aromatic carbocycles. The molecule has 0 aliphatic rings. The number of anilines is 1. The summed E-state index contributed by atoms with van der Waals surface area (Å²) >= 11 is 8.90. The number of carbonyl (C=O) groups excluding carboxylic acids is 2. The van der Waals surface area contributed by atoms with Crippen LogP contribution >= 0.6 is 35.1 Å². The van der Waals surface area contributed by atoms with Crippen LogP contribution in [0, 0.1) is 0 Å². The first kappa shape index (κ1) is 19.7. The lowest BCUT2D eigenvalue weighted by atomic mass is 10.3. The van der Waals surface area contributed by atoms with Gasteiger partial charge >= 0.3 is 5.97 Å². The van der Waals surface area contributed by atoms with E-state index >= 15 is 0 Å². The molecule has 2 aromatic rings. The largest absolute Gasteiger partial charge is 0.456 e. The number of thioether (sulfide) groups is 2. The summed E-state index contributed by atoms with van der Waals surface area (Å²) in [5.41, 5.74) is 0.717. The third-order valence-corrected chi connectivity index (χ3v) is 5.20. The minimum atomic E-state index is -0.394. The van der Waals surface area contributed by atoms with Gasteiger partial charge in [-0.2, -0.15) is 0 Å². The molecule has 7 heteroatoms. The quantitative estimate of drug-likeness (QED) is 0.517. The average Bonchev–Trinajstić information content (AvgIpc) is 2.62. The molecule has 0 saturated heterocycles. The molecule has 0 aliphatic carbocycles. The van der Waals surface area contributed by atoms with E-state index in [2.05, 4.69) is 5.32 Å². The predicted octanol–water partition coefficient (Wildman–Crippen LogP) is 4.73. The van der Waals surface area contributed by atoms with Crippen LogP contribution in [-0.4, -0.2) is 30.5 Å². The van der Waals surface area contributed by atoms with Gasteiger partial charge in [0.2, 0.25) is 0 Å². The van der Waals surface area contributed by atoms with Crippen LogP contribution in [0.25, 0.3) is 0 Å². The maximum atomic E-state index is 11.9. The molecule has 0 heterocycles. The van der Waals surface area contributed by atoms with Crippen LogP contribution in [0.15, 0.2) is 58.3 Å². The van der Waals surface area contributed by atoms with Crippen molar-refractivity contribution in [1.82, 2.24) is 0 Å². The van der Waals surface area contributed by atoms with Gasteiger partial charge in [-0.05, 0) is 42.7 Å². The van der Waals surface area contributed by atoms with Crippen molar-refractivity contribution in [1.29, 1.82) is 0 Å². The van der Waals surface area contributed by atoms with Gasteiger partial charge in [-0.25, -0.2) is 0 Å². The van der Waals surface area contributed by atoms with E-state index in [1.54, 1.807) is 12.1 Å². The Balaban J connectivity index is 1.68. The Bertz CT molecular complexity index is 723. The molecule has 2 rings (SSSR count). The van der Waals surface area contributed by atoms with E-state index in [-0.39, 0.29) is 18.9 Å². The Morgan fingerprint density at radius 2 is 1.84 bits per heavy atom. The topological polar surface area (TPSA) is 55.4 Å². The van der Waals surface area contributed by atoms with Crippen LogP contribution in [-0.2, 0) is 14.3 Å². The Kier molecular flexibility index (Phi) is 8.18. The zero-order valence-electron chi connectivity index (χ0n) is 13.7. The number of hydrogen-bond donors (Lipinski definition) is 1. The standard InChI is InChI=1S/C18H18ClNO3S2/c1-24-16-5-3-2-4-15(16)20-17(21)12-23-18(22)10-11-25-14-8-6-13(19)7-9-14/h2-9H,10-12H2,1H3,(H,20,21). The summed E-state index contributed by atoms with van der Waals surface area (Å²) in [5.74, 6) is -0.160. The molecule has 0 bridgehead atoms. The highest BCUT2D eigenvalue weighted by atomic mass is 35.5. The number of benzene rings is 2. The van der Waals surface area contributed by atoms with Gasteiger partial charge in [-0.3, -0.25) is 9.59 Å². The molecule has 0 atom stereocenters. The van der Waals surface area contributed by atoms with Crippen molar-refractivity contribution < 1.29 is 14.3 Å². The molecule has 25 heavy (non-hydrogen) atoms. The Morgan fingerprint density at radius 1 is 1.12 bits per heavy atom. The van der Waals surface area contributed by atoms with Crippen LogP contribution in [0.4, 0.5) is 5.69 Å². The number of rotatable bonds is 8. The number of para-hydroxylation sites is 1. The molecule has 1 amide bonds. The Labute approximate surface area is 160 Å². The molecule has 0 fully saturated rings. The second-order valence-corrected chi connectivity index (χ2v) is 7.41. The number of carbonyl (C=O) groups is 2. The van der Waals surface area contributed by atoms with Gasteiger partial charge in [0.1, 0.15) is 0 Å². The van der Waals surface area contributed by atoms with E-state index in [4.69, 9.17) is 16.3 Å². The zero-order valence-corrected chi connectivity index (χ0v) is 16.0. The van der Waals surface area contributed by atoms with Gasteiger partial charge in [0, 0.05) is 20.6 Å². The van der Waals surface area contributed by atoms with Crippen molar-refractivity contribution in [3.05, 3.63) is 53.6 Å². The smallest absolute Gasteiger partial charge is 0.307 e. The summed E-state index contributed by atoms with van der Waals surface area (Å²) in [5, 5.41) is 3.43. The summed E-state index contributed by atoms with van der Waals surface area (Å²) < 4.78 is 5.01. The normalized spacial score (nSPS) is 10.3. The SMILES string of the molecule is CSc1ccccc1NC(=O)COC(=O)CCSc1ccc(Cl)cc1. The fourth-order valence-corrected chi connectivity index (χ4v) is 3.45. The van der Waals surface area contributed by atoms with Crippen molar-refractivity contribution >= 4 is 52.7 Å². The molecule has 0 saturated carbocycles. The third kappa shape index (κ3) is 7.02. The Morgan fingerprint density at radius 3 is 2.56 bits per heavy atom. The van der Waals surface area contributed by atoms with E-state index in [1.807, 2.05) is 42.7 Å². The summed E-state index contributed by atoms with van der Waals surface area (Å²) in [6.07, 6.45) is 2.17. The summed E-state index contributed by atoms with van der Waals surface area (Å²) in [6, 6.07) is 14.9. The molecule has 0 radical (unpaired) electrons. The zero-order chi connectivity index (χ0) is 18.1. The number of ether oxygens (including phenoxy) is 1. The van der Waals surface area contributed by atoms with E-state index in [0.717, 1.165) is 9.79 Å². The monoisotopic (exact) mass is 395 g/mol. The summed E-state index contributed by atoms with van der Waals surface area (Å²) in [4.78, 5) is 25.6. The molecular weight excluding hydrogens is 378 g/mol. The minimum Gasteiger partial charge on any atom is -0.456 e. The van der Waals surface area contributed by atoms with Gasteiger partial charge in [-0.1, -0.05) is 23.7 Å². The van der Waals surface area contributed by atoms with E-state index < -0.39 is 5.97 Å². The summed E-state index contributed by atoms with van der Waals surface area (Å²) in [7, 11) is 0. The molecule has 0 aliphatic heterocycles. The van der Waals surface area contributed by atoms with E-state index in [9.17, 15) is 9.59 Å². The van der Waals surface area contributed by atoms with Gasteiger partial charge in [0.15, 0.2) is 6.61 Å². The maximum absolute atomic E-state index is 11.9. The van der Waals surface area contributed by atoms with Crippen molar-refractivity contribution in [2.24, 2.45) is 0 Å². The van der Waals surface area contributed by atoms with Crippen LogP contribution in [0.3, 0.4) is 0 Å². The van der Waals surface area contributed by atoms with Gasteiger partial charge in [0.05, 0.1) is 12.1 Å². The molecule has 132 valence electrons. The third-order valence-electron chi connectivity index (χ3n) is 3.13. The number of nitrogens with one attached hydrogen (secondary N) is 1. The lowest BCUT2D eigenvalue weighted by Crippen LogP contribution is -2.21.